The van der Waals surface area contributed by atoms with Crippen LogP contribution in [-0.2, 0) is 10.0 Å². The van der Waals surface area contributed by atoms with Gasteiger partial charge in [-0.3, -0.25) is 0 Å². The van der Waals surface area contributed by atoms with Crippen LogP contribution in [-0.4, -0.2) is 36.8 Å². The van der Waals surface area contributed by atoms with Crippen molar-refractivity contribution in [2.24, 2.45) is 0 Å². The molecule has 1 N–H and O–H groups in total. The molecule has 1 aliphatic heterocycles. The van der Waals surface area contributed by atoms with Crippen molar-refractivity contribution in [3.8, 4) is 6.07 Å². The van der Waals surface area contributed by atoms with E-state index in [-0.39, 0.29) is 6.04 Å². The Hall–Kier alpha value is -2.95. The molecule has 1 fully saturated rings. The first-order chi connectivity index (χ1) is 14.1. The highest BCUT2D eigenvalue weighted by Crippen LogP contribution is 2.30. The number of rotatable bonds is 5. The number of sulfonamides is 1. The van der Waals surface area contributed by atoms with Crippen molar-refractivity contribution in [2.45, 2.75) is 30.2 Å². The molecule has 0 aliphatic carbocycles. The minimum Gasteiger partial charge on any atom is -0.368 e. The van der Waals surface area contributed by atoms with E-state index in [4.69, 9.17) is 5.26 Å². The fraction of sp³-hybridized carbons (Fsp3) is 0.273. The van der Waals surface area contributed by atoms with Gasteiger partial charge in [-0.1, -0.05) is 42.8 Å². The molecule has 6 nitrogen and oxygen atoms in total. The van der Waals surface area contributed by atoms with Crippen molar-refractivity contribution < 1.29 is 8.42 Å². The summed E-state index contributed by atoms with van der Waals surface area (Å²) in [6, 6.07) is 18.3. The van der Waals surface area contributed by atoms with Crippen molar-refractivity contribution in [1.82, 2.24) is 9.29 Å². The van der Waals surface area contributed by atoms with Gasteiger partial charge in [0, 0.05) is 30.7 Å². The van der Waals surface area contributed by atoms with Crippen LogP contribution in [0.5, 0.6) is 0 Å². The van der Waals surface area contributed by atoms with Crippen LogP contribution in [0.25, 0.3) is 10.8 Å². The fourth-order valence-electron chi connectivity index (χ4n) is 3.83. The summed E-state index contributed by atoms with van der Waals surface area (Å²) in [6.45, 7) is 0.988. The van der Waals surface area contributed by atoms with Gasteiger partial charge in [-0.05, 0) is 36.4 Å². The van der Waals surface area contributed by atoms with E-state index in [0.717, 1.165) is 30.0 Å². The Balaban J connectivity index is 1.59. The number of nitrogens with zero attached hydrogens (tertiary/aromatic N) is 3. The zero-order valence-electron chi connectivity index (χ0n) is 16.0. The van der Waals surface area contributed by atoms with E-state index in [1.807, 2.05) is 36.4 Å². The molecular formula is C22H22N4O2S. The third-order valence-corrected chi connectivity index (χ3v) is 7.33. The average Bonchev–Trinajstić information content (AvgIpc) is 2.77. The molecule has 0 amide bonds. The summed E-state index contributed by atoms with van der Waals surface area (Å²) in [4.78, 5) is 4.58. The minimum atomic E-state index is -3.62. The van der Waals surface area contributed by atoms with Crippen LogP contribution < -0.4 is 5.32 Å². The molecule has 1 atom stereocenters. The van der Waals surface area contributed by atoms with Gasteiger partial charge in [0.05, 0.1) is 10.5 Å². The van der Waals surface area contributed by atoms with Crippen LogP contribution in [0, 0.1) is 11.3 Å². The third kappa shape index (κ3) is 3.95. The number of aromatic nitrogens is 1. The summed E-state index contributed by atoms with van der Waals surface area (Å²) < 4.78 is 28.7. The number of hydrogen-bond donors (Lipinski definition) is 1. The number of nitriles is 1. The maximum Gasteiger partial charge on any atom is 0.244 e. The summed E-state index contributed by atoms with van der Waals surface area (Å²) in [5, 5.41) is 13.8. The fourth-order valence-corrected chi connectivity index (χ4v) is 5.74. The summed E-state index contributed by atoms with van der Waals surface area (Å²) >= 11 is 0. The van der Waals surface area contributed by atoms with E-state index in [9.17, 15) is 8.42 Å². The van der Waals surface area contributed by atoms with Gasteiger partial charge in [-0.15, -0.1) is 0 Å². The number of fused-ring (bicyclic) bond motifs is 1. The summed E-state index contributed by atoms with van der Waals surface area (Å²) in [7, 11) is -3.62. The van der Waals surface area contributed by atoms with E-state index in [2.05, 4.69) is 10.3 Å². The monoisotopic (exact) mass is 406 g/mol. The molecular weight excluding hydrogens is 384 g/mol. The first-order valence-electron chi connectivity index (χ1n) is 9.69. The van der Waals surface area contributed by atoms with Gasteiger partial charge in [0.1, 0.15) is 11.9 Å². The standard InChI is InChI=1S/C22H22N4O2S/c23-14-17-11-12-22(24-15-17)25-16-19-8-3-4-13-26(19)29(27,28)21-10-5-7-18-6-1-2-9-20(18)21/h1-2,5-7,9-12,15,19H,3-4,8,13,16H2,(H,24,25). The molecule has 29 heavy (non-hydrogen) atoms. The van der Waals surface area contributed by atoms with Gasteiger partial charge in [0.15, 0.2) is 0 Å². The molecule has 0 bridgehead atoms. The second-order valence-corrected chi connectivity index (χ2v) is 9.03. The Morgan fingerprint density at radius 3 is 2.72 bits per heavy atom. The predicted molar refractivity (Wildman–Crippen MR) is 113 cm³/mol. The normalized spacial score (nSPS) is 17.7. The lowest BCUT2D eigenvalue weighted by Crippen LogP contribution is -2.47. The lowest BCUT2D eigenvalue weighted by Gasteiger charge is -2.35. The summed E-state index contributed by atoms with van der Waals surface area (Å²) in [5.41, 5.74) is 0.494. The molecule has 1 saturated heterocycles. The number of hydrogen-bond acceptors (Lipinski definition) is 5. The molecule has 1 unspecified atom stereocenters. The Bertz CT molecular complexity index is 1150. The van der Waals surface area contributed by atoms with E-state index >= 15 is 0 Å². The molecule has 1 aromatic heterocycles. The number of pyridine rings is 1. The van der Waals surface area contributed by atoms with Crippen LogP contribution in [0.15, 0.2) is 65.7 Å². The molecule has 2 aromatic carbocycles. The quantitative estimate of drug-likeness (QED) is 0.697. The smallest absolute Gasteiger partial charge is 0.244 e. The Morgan fingerprint density at radius 1 is 1.10 bits per heavy atom. The van der Waals surface area contributed by atoms with Crippen LogP contribution >= 0.6 is 0 Å². The average molecular weight is 407 g/mol. The molecule has 2 heterocycles. The lowest BCUT2D eigenvalue weighted by atomic mass is 10.1. The molecule has 3 aromatic rings. The predicted octanol–water partition coefficient (Wildman–Crippen LogP) is 3.76. The number of nitrogens with one attached hydrogen (secondary N) is 1. The molecule has 0 spiro atoms. The summed E-state index contributed by atoms with van der Waals surface area (Å²) in [5.74, 6) is 0.636. The van der Waals surface area contributed by atoms with Crippen molar-refractivity contribution in [2.75, 3.05) is 18.4 Å². The largest absolute Gasteiger partial charge is 0.368 e. The third-order valence-electron chi connectivity index (χ3n) is 5.32. The molecule has 7 heteroatoms. The zero-order valence-corrected chi connectivity index (χ0v) is 16.8. The van der Waals surface area contributed by atoms with E-state index < -0.39 is 10.0 Å². The van der Waals surface area contributed by atoms with Crippen molar-refractivity contribution in [1.29, 1.82) is 5.26 Å². The lowest BCUT2D eigenvalue weighted by molar-refractivity contribution is 0.262. The van der Waals surface area contributed by atoms with Crippen LogP contribution in [0.1, 0.15) is 24.8 Å². The van der Waals surface area contributed by atoms with Gasteiger partial charge in [-0.2, -0.15) is 9.57 Å². The zero-order chi connectivity index (χ0) is 20.3. The SMILES string of the molecule is N#Cc1ccc(NCC2CCCCN2S(=O)(=O)c2cccc3ccccc23)nc1. The Kier molecular flexibility index (Phi) is 5.47. The number of anilines is 1. The molecule has 148 valence electrons. The highest BCUT2D eigenvalue weighted by molar-refractivity contribution is 7.89. The van der Waals surface area contributed by atoms with Gasteiger partial charge in [0.25, 0.3) is 0 Å². The maximum atomic E-state index is 13.6. The molecule has 4 rings (SSSR count). The Labute approximate surface area is 170 Å². The number of benzene rings is 2. The highest BCUT2D eigenvalue weighted by Gasteiger charge is 2.34. The Morgan fingerprint density at radius 2 is 1.93 bits per heavy atom. The van der Waals surface area contributed by atoms with Crippen LogP contribution in [0.4, 0.5) is 5.82 Å². The molecule has 0 saturated carbocycles. The van der Waals surface area contributed by atoms with Crippen molar-refractivity contribution in [3.05, 3.63) is 66.4 Å². The van der Waals surface area contributed by atoms with Gasteiger partial charge in [-0.25, -0.2) is 13.4 Å². The second kappa shape index (κ2) is 8.19. The molecule has 1 aliphatic rings. The van der Waals surface area contributed by atoms with E-state index in [1.165, 1.54) is 6.20 Å². The van der Waals surface area contributed by atoms with E-state index in [1.54, 1.807) is 28.6 Å². The second-order valence-electron chi connectivity index (χ2n) is 7.17. The minimum absolute atomic E-state index is 0.148. The first-order valence-corrected chi connectivity index (χ1v) is 11.1. The molecule has 0 radical (unpaired) electrons. The topological polar surface area (TPSA) is 86.1 Å². The van der Waals surface area contributed by atoms with Gasteiger partial charge in [0.2, 0.25) is 10.0 Å². The van der Waals surface area contributed by atoms with Gasteiger partial charge < -0.3 is 5.32 Å². The maximum absolute atomic E-state index is 13.6. The van der Waals surface area contributed by atoms with E-state index in [0.29, 0.717) is 29.4 Å². The summed E-state index contributed by atoms with van der Waals surface area (Å²) in [6.07, 6.45) is 4.16. The highest BCUT2D eigenvalue weighted by atomic mass is 32.2. The van der Waals surface area contributed by atoms with Crippen molar-refractivity contribution in [3.63, 3.8) is 0 Å². The first kappa shape index (κ1) is 19.4. The van der Waals surface area contributed by atoms with Crippen LogP contribution in [0.3, 0.4) is 0 Å². The van der Waals surface area contributed by atoms with Gasteiger partial charge >= 0.3 is 0 Å². The number of piperidine rings is 1. The van der Waals surface area contributed by atoms with Crippen molar-refractivity contribution >= 4 is 26.6 Å². The van der Waals surface area contributed by atoms with Crippen LogP contribution in [0.2, 0.25) is 0 Å².